The zero-order chi connectivity index (χ0) is 14.9. The van der Waals surface area contributed by atoms with Gasteiger partial charge in [-0.1, -0.05) is 25.7 Å². The maximum atomic E-state index is 12.5. The molecule has 1 amide bonds. The van der Waals surface area contributed by atoms with Crippen molar-refractivity contribution in [2.75, 3.05) is 26.2 Å². The van der Waals surface area contributed by atoms with Crippen molar-refractivity contribution in [3.8, 4) is 0 Å². The zero-order valence-corrected chi connectivity index (χ0v) is 13.5. The predicted molar refractivity (Wildman–Crippen MR) is 81.3 cm³/mol. The summed E-state index contributed by atoms with van der Waals surface area (Å²) in [6.45, 7) is 2.11. The molecule has 0 aromatic rings. The van der Waals surface area contributed by atoms with Gasteiger partial charge in [0.15, 0.2) is 0 Å². The molecular weight excluding hydrogens is 288 g/mol. The van der Waals surface area contributed by atoms with E-state index in [1.807, 2.05) is 4.90 Å². The van der Waals surface area contributed by atoms with E-state index < -0.39 is 10.0 Å². The van der Waals surface area contributed by atoms with Gasteiger partial charge < -0.3 is 4.90 Å². The van der Waals surface area contributed by atoms with Crippen molar-refractivity contribution in [2.24, 2.45) is 5.92 Å². The number of hydrogen-bond acceptors (Lipinski definition) is 3. The van der Waals surface area contributed by atoms with Gasteiger partial charge in [0, 0.05) is 32.1 Å². The van der Waals surface area contributed by atoms with Gasteiger partial charge in [-0.3, -0.25) is 4.79 Å². The lowest BCUT2D eigenvalue weighted by Gasteiger charge is -2.36. The molecule has 5 nitrogen and oxygen atoms in total. The fourth-order valence-corrected chi connectivity index (χ4v) is 6.01. The average molecular weight is 314 g/mol. The van der Waals surface area contributed by atoms with Crippen LogP contribution in [0, 0.1) is 5.92 Å². The predicted octanol–water partition coefficient (Wildman–Crippen LogP) is 1.59. The SMILES string of the molecule is O=C(C1CCCC1)N1CCN(S(=O)(=O)C2CCCC2)CC1. The van der Waals surface area contributed by atoms with Gasteiger partial charge in [0.05, 0.1) is 5.25 Å². The lowest BCUT2D eigenvalue weighted by Crippen LogP contribution is -2.53. The summed E-state index contributed by atoms with van der Waals surface area (Å²) in [6, 6.07) is 0. The van der Waals surface area contributed by atoms with E-state index >= 15 is 0 Å². The topological polar surface area (TPSA) is 57.7 Å². The summed E-state index contributed by atoms with van der Waals surface area (Å²) in [5, 5.41) is -0.172. The molecule has 0 bridgehead atoms. The van der Waals surface area contributed by atoms with E-state index in [2.05, 4.69) is 0 Å². The van der Waals surface area contributed by atoms with Gasteiger partial charge in [-0.25, -0.2) is 8.42 Å². The van der Waals surface area contributed by atoms with Gasteiger partial charge in [-0.2, -0.15) is 4.31 Å². The van der Waals surface area contributed by atoms with Crippen molar-refractivity contribution >= 4 is 15.9 Å². The summed E-state index contributed by atoms with van der Waals surface area (Å²) in [6.07, 6.45) is 8.03. The van der Waals surface area contributed by atoms with Gasteiger partial charge in [0.25, 0.3) is 0 Å². The third-order valence-electron chi connectivity index (χ3n) is 5.34. The third kappa shape index (κ3) is 3.11. The Hall–Kier alpha value is -0.620. The quantitative estimate of drug-likeness (QED) is 0.795. The molecule has 1 saturated heterocycles. The molecule has 1 heterocycles. The molecule has 3 fully saturated rings. The first-order valence-electron chi connectivity index (χ1n) is 8.37. The first-order valence-corrected chi connectivity index (χ1v) is 9.87. The van der Waals surface area contributed by atoms with E-state index in [4.69, 9.17) is 0 Å². The number of nitrogens with zero attached hydrogens (tertiary/aromatic N) is 2. The van der Waals surface area contributed by atoms with Crippen molar-refractivity contribution in [1.29, 1.82) is 0 Å². The fraction of sp³-hybridized carbons (Fsp3) is 0.933. The maximum absolute atomic E-state index is 12.5. The van der Waals surface area contributed by atoms with Crippen LogP contribution in [0.4, 0.5) is 0 Å². The second-order valence-corrected chi connectivity index (χ2v) is 8.87. The zero-order valence-electron chi connectivity index (χ0n) is 12.7. The molecule has 120 valence electrons. The second kappa shape index (κ2) is 6.24. The maximum Gasteiger partial charge on any atom is 0.225 e. The Morgan fingerprint density at radius 3 is 1.90 bits per heavy atom. The first-order chi connectivity index (χ1) is 10.1. The third-order valence-corrected chi connectivity index (χ3v) is 7.74. The lowest BCUT2D eigenvalue weighted by molar-refractivity contribution is -0.136. The van der Waals surface area contributed by atoms with Gasteiger partial charge in [-0.05, 0) is 25.7 Å². The number of rotatable bonds is 3. The Kier molecular flexibility index (Phi) is 4.54. The minimum absolute atomic E-state index is 0.172. The Morgan fingerprint density at radius 2 is 1.33 bits per heavy atom. The summed E-state index contributed by atoms with van der Waals surface area (Å²) < 4.78 is 26.7. The van der Waals surface area contributed by atoms with Crippen molar-refractivity contribution < 1.29 is 13.2 Å². The van der Waals surface area contributed by atoms with Crippen molar-refractivity contribution in [3.63, 3.8) is 0 Å². The van der Waals surface area contributed by atoms with Crippen LogP contribution in [0.25, 0.3) is 0 Å². The van der Waals surface area contributed by atoms with E-state index in [0.29, 0.717) is 26.2 Å². The molecule has 1 aliphatic heterocycles. The van der Waals surface area contributed by atoms with E-state index in [1.54, 1.807) is 4.31 Å². The number of hydrogen-bond donors (Lipinski definition) is 0. The van der Waals surface area contributed by atoms with Crippen LogP contribution in [0.3, 0.4) is 0 Å². The normalized spacial score (nSPS) is 26.6. The van der Waals surface area contributed by atoms with Crippen LogP contribution in [0.15, 0.2) is 0 Å². The van der Waals surface area contributed by atoms with E-state index in [9.17, 15) is 13.2 Å². The summed E-state index contributed by atoms with van der Waals surface area (Å²) in [5.74, 6) is 0.452. The van der Waals surface area contributed by atoms with Crippen LogP contribution in [0.5, 0.6) is 0 Å². The molecule has 21 heavy (non-hydrogen) atoms. The van der Waals surface area contributed by atoms with Crippen LogP contribution in [0.1, 0.15) is 51.4 Å². The molecule has 3 aliphatic rings. The largest absolute Gasteiger partial charge is 0.340 e. The Balaban J connectivity index is 1.56. The van der Waals surface area contributed by atoms with E-state index in [0.717, 1.165) is 51.4 Å². The molecule has 3 rings (SSSR count). The number of carbonyl (C=O) groups is 1. The lowest BCUT2D eigenvalue weighted by atomic mass is 10.1. The summed E-state index contributed by atoms with van der Waals surface area (Å²) in [4.78, 5) is 14.3. The van der Waals surface area contributed by atoms with Gasteiger partial charge in [0.2, 0.25) is 15.9 Å². The fourth-order valence-electron chi connectivity index (χ4n) is 3.99. The minimum atomic E-state index is -3.13. The number of carbonyl (C=O) groups excluding carboxylic acids is 1. The van der Waals surface area contributed by atoms with E-state index in [1.165, 1.54) is 0 Å². The molecule has 6 heteroatoms. The molecule has 0 radical (unpaired) electrons. The molecule has 0 aromatic heterocycles. The summed E-state index contributed by atoms with van der Waals surface area (Å²) in [5.41, 5.74) is 0. The molecule has 0 aromatic carbocycles. The standard InChI is InChI=1S/C15H26N2O3S/c18-15(13-5-1-2-6-13)16-9-11-17(12-10-16)21(19,20)14-7-3-4-8-14/h13-14H,1-12H2. The molecule has 2 aliphatic carbocycles. The average Bonchev–Trinajstić information content (AvgIpc) is 3.19. The number of amides is 1. The molecule has 0 spiro atoms. The highest BCUT2D eigenvalue weighted by Gasteiger charge is 2.37. The van der Waals surface area contributed by atoms with Gasteiger partial charge in [0.1, 0.15) is 0 Å². The molecular formula is C15H26N2O3S. The summed E-state index contributed by atoms with van der Waals surface area (Å²) >= 11 is 0. The van der Waals surface area contributed by atoms with Crippen LogP contribution in [0.2, 0.25) is 0 Å². The van der Waals surface area contributed by atoms with Crippen molar-refractivity contribution in [1.82, 2.24) is 9.21 Å². The molecule has 0 N–H and O–H groups in total. The van der Waals surface area contributed by atoms with Gasteiger partial charge in [-0.15, -0.1) is 0 Å². The van der Waals surface area contributed by atoms with Crippen LogP contribution >= 0.6 is 0 Å². The number of piperazine rings is 1. The van der Waals surface area contributed by atoms with Crippen LogP contribution < -0.4 is 0 Å². The monoisotopic (exact) mass is 314 g/mol. The Bertz CT molecular complexity index is 471. The molecule has 0 unspecified atom stereocenters. The number of sulfonamides is 1. The highest BCUT2D eigenvalue weighted by Crippen LogP contribution is 2.29. The van der Waals surface area contributed by atoms with Crippen LogP contribution in [-0.2, 0) is 14.8 Å². The summed E-state index contributed by atoms with van der Waals surface area (Å²) in [7, 11) is -3.13. The van der Waals surface area contributed by atoms with Crippen molar-refractivity contribution in [3.05, 3.63) is 0 Å². The first kappa shape index (κ1) is 15.3. The molecule has 2 saturated carbocycles. The Labute approximate surface area is 127 Å². The highest BCUT2D eigenvalue weighted by atomic mass is 32.2. The van der Waals surface area contributed by atoms with Gasteiger partial charge >= 0.3 is 0 Å². The second-order valence-electron chi connectivity index (χ2n) is 6.66. The minimum Gasteiger partial charge on any atom is -0.340 e. The molecule has 0 atom stereocenters. The Morgan fingerprint density at radius 1 is 0.810 bits per heavy atom. The van der Waals surface area contributed by atoms with E-state index in [-0.39, 0.29) is 17.1 Å². The van der Waals surface area contributed by atoms with Crippen LogP contribution in [-0.4, -0.2) is 55.0 Å². The van der Waals surface area contributed by atoms with Crippen molar-refractivity contribution in [2.45, 2.75) is 56.6 Å². The smallest absolute Gasteiger partial charge is 0.225 e. The highest BCUT2D eigenvalue weighted by molar-refractivity contribution is 7.89.